The highest BCUT2D eigenvalue weighted by Gasteiger charge is 2.66. The van der Waals surface area contributed by atoms with Crippen molar-refractivity contribution in [2.75, 3.05) is 39.6 Å². The number of benzene rings is 4. The zero-order valence-electron chi connectivity index (χ0n) is 47.1. The first kappa shape index (κ1) is 59.9. The number of allylic oxidation sites excluding steroid dienone is 1. The van der Waals surface area contributed by atoms with Crippen molar-refractivity contribution in [3.05, 3.63) is 132 Å². The molecule has 1 aliphatic heterocycles. The number of hydrogen-bond donors (Lipinski definition) is 3. The summed E-state index contributed by atoms with van der Waals surface area (Å²) in [6.45, 7) is 13.7. The van der Waals surface area contributed by atoms with Gasteiger partial charge in [0.05, 0.1) is 38.0 Å². The molecule has 6 unspecified atom stereocenters. The average Bonchev–Trinajstić information content (AvgIpc) is 3.32. The van der Waals surface area contributed by atoms with Crippen LogP contribution in [0.3, 0.4) is 0 Å². The van der Waals surface area contributed by atoms with E-state index in [2.05, 4.69) is 43.1 Å². The van der Waals surface area contributed by atoms with Crippen LogP contribution in [0.25, 0.3) is 10.8 Å². The molecule has 2 aliphatic carbocycles. The number of nitrogens with one attached hydrogen (secondary N) is 1. The fraction of sp³-hybridized carbons (Fsp3) is 0.554. The second kappa shape index (κ2) is 30.6. The van der Waals surface area contributed by atoms with Crippen molar-refractivity contribution in [2.24, 2.45) is 22.9 Å². The third kappa shape index (κ3) is 16.4. The van der Waals surface area contributed by atoms with Crippen LogP contribution in [0, 0.1) is 17.8 Å². The lowest BCUT2D eigenvalue weighted by Crippen LogP contribution is -2.70. The summed E-state index contributed by atoms with van der Waals surface area (Å²) in [5.41, 5.74) is 3.68. The molecule has 3 aliphatic rings. The number of fused-ring (bicyclic) bond motifs is 3. The van der Waals surface area contributed by atoms with Gasteiger partial charge in [-0.25, -0.2) is 9.59 Å². The predicted octanol–water partition coefficient (Wildman–Crippen LogP) is 14.1. The number of aliphatic hydroxyl groups excluding tert-OH is 2. The van der Waals surface area contributed by atoms with E-state index in [4.69, 9.17) is 33.7 Å². The standard InChI is InChI=1S/C65H89N3O10/c1-6-8-9-10-11-12-13-14-15-23-37-66-62(71)76-52-35-36-58-56(44-52)60-54(34-22-25-39-70)50(30-21-24-38-69)43-55-57(67-78-64(3,4)5)45-59(65(77-58,61(55)60)75-40-7-2)68(46-51-32-26-31-49-29-19-20-33-53(49)51)63(72)74-42-41-73-47-48-27-17-16-18-28-48/h7,16-20,26-29,31-33,35-36,43-44,50,54,59-61,69-70H,2,6,8-15,21-25,30,34,37-42,45-47H2,1,3-5H3,(H,66,71). The monoisotopic (exact) mass is 1070 g/mol. The summed E-state index contributed by atoms with van der Waals surface area (Å²) in [5, 5.41) is 30.3. The molecule has 78 heavy (non-hydrogen) atoms. The van der Waals surface area contributed by atoms with Crippen LogP contribution in [-0.4, -0.2) is 90.0 Å². The average molecular weight is 1070 g/mol. The van der Waals surface area contributed by atoms with Gasteiger partial charge in [-0.15, -0.1) is 6.58 Å². The second-order valence-electron chi connectivity index (χ2n) is 22.4. The van der Waals surface area contributed by atoms with E-state index in [1.807, 2.05) is 87.5 Å². The van der Waals surface area contributed by atoms with Crippen LogP contribution >= 0.6 is 0 Å². The molecule has 424 valence electrons. The molecule has 3 N–H and O–H groups in total. The van der Waals surface area contributed by atoms with Crippen molar-refractivity contribution in [1.82, 2.24) is 10.2 Å². The van der Waals surface area contributed by atoms with Gasteiger partial charge in [-0.05, 0) is 110 Å². The number of hydrogen-bond acceptors (Lipinski definition) is 11. The van der Waals surface area contributed by atoms with E-state index in [1.54, 1.807) is 17.0 Å². The van der Waals surface area contributed by atoms with Gasteiger partial charge in [0.1, 0.15) is 29.7 Å². The molecular weight excluding hydrogens is 983 g/mol. The SMILES string of the molecule is C=CCOC12Oc3ccc(OC(=O)NCCCCCCCCCCCC)cc3C3C(CCCCO)C(CCCCO)C=C(C(=NOC(C)(C)C)CC1N(Cc1cccc4ccccc14)C(=O)OCCOCc1ccccc1)C32. The number of carbonyl (C=O) groups excluding carboxylic acids is 2. The van der Waals surface area contributed by atoms with Gasteiger partial charge in [0.15, 0.2) is 0 Å². The fourth-order valence-electron chi connectivity index (χ4n) is 11.8. The Morgan fingerprint density at radius 2 is 1.54 bits per heavy atom. The van der Waals surface area contributed by atoms with Crippen LogP contribution < -0.4 is 14.8 Å². The van der Waals surface area contributed by atoms with E-state index in [9.17, 15) is 15.0 Å². The number of aliphatic hydroxyl groups is 2. The van der Waals surface area contributed by atoms with Gasteiger partial charge in [0, 0.05) is 37.7 Å². The molecule has 1 fully saturated rings. The van der Waals surface area contributed by atoms with E-state index in [-0.39, 0.29) is 63.8 Å². The highest BCUT2D eigenvalue weighted by atomic mass is 16.7. The zero-order valence-corrected chi connectivity index (χ0v) is 47.1. The van der Waals surface area contributed by atoms with Crippen LogP contribution in [0.15, 0.2) is 120 Å². The van der Waals surface area contributed by atoms with Crippen LogP contribution in [-0.2, 0) is 32.2 Å². The molecule has 7 rings (SSSR count). The summed E-state index contributed by atoms with van der Waals surface area (Å²) in [7, 11) is 0. The zero-order chi connectivity index (χ0) is 55.2. The van der Waals surface area contributed by atoms with Gasteiger partial charge >= 0.3 is 12.2 Å². The molecule has 13 heteroatoms. The Labute approximate surface area is 464 Å². The second-order valence-corrected chi connectivity index (χ2v) is 22.4. The fourth-order valence-corrected chi connectivity index (χ4v) is 11.8. The van der Waals surface area contributed by atoms with Gasteiger partial charge in [0.2, 0.25) is 5.79 Å². The van der Waals surface area contributed by atoms with E-state index >= 15 is 4.79 Å². The van der Waals surface area contributed by atoms with E-state index in [0.717, 1.165) is 78.0 Å². The van der Waals surface area contributed by atoms with Gasteiger partial charge in [-0.2, -0.15) is 0 Å². The Morgan fingerprint density at radius 3 is 2.27 bits per heavy atom. The molecule has 0 bridgehead atoms. The number of rotatable bonds is 32. The largest absolute Gasteiger partial charge is 0.459 e. The number of nitrogens with zero attached hydrogens (tertiary/aromatic N) is 2. The minimum absolute atomic E-state index is 0.00201. The number of unbranched alkanes of at least 4 members (excludes halogenated alkanes) is 11. The molecule has 4 aromatic rings. The van der Waals surface area contributed by atoms with E-state index < -0.39 is 35.5 Å². The molecular formula is C65H89N3O10. The molecule has 0 spiro atoms. The lowest BCUT2D eigenvalue weighted by molar-refractivity contribution is -0.256. The first-order valence-electron chi connectivity index (χ1n) is 29.2. The van der Waals surface area contributed by atoms with Crippen molar-refractivity contribution in [3.63, 3.8) is 0 Å². The summed E-state index contributed by atoms with van der Waals surface area (Å²) >= 11 is 0. The Balaban J connectivity index is 1.29. The summed E-state index contributed by atoms with van der Waals surface area (Å²) in [6.07, 6.45) is 19.5. The Bertz CT molecular complexity index is 2550. The molecule has 0 aromatic heterocycles. The maximum absolute atomic E-state index is 15.3. The molecule has 1 heterocycles. The van der Waals surface area contributed by atoms with Crippen molar-refractivity contribution >= 4 is 28.7 Å². The van der Waals surface area contributed by atoms with Gasteiger partial charge < -0.3 is 44.1 Å². The summed E-state index contributed by atoms with van der Waals surface area (Å²) in [6, 6.07) is 28.8. The highest BCUT2D eigenvalue weighted by Crippen LogP contribution is 2.62. The molecule has 6 atom stereocenters. The molecule has 1 saturated carbocycles. The predicted molar refractivity (Wildman–Crippen MR) is 309 cm³/mol. The van der Waals surface area contributed by atoms with E-state index in [0.29, 0.717) is 43.2 Å². The Hall–Kier alpha value is -5.73. The number of amides is 2. The quantitative estimate of drug-likeness (QED) is 0.0244. The lowest BCUT2D eigenvalue weighted by Gasteiger charge is -2.60. The molecule has 0 saturated heterocycles. The highest BCUT2D eigenvalue weighted by molar-refractivity contribution is 6.03. The minimum atomic E-state index is -1.55. The topological polar surface area (TPSA) is 158 Å². The van der Waals surface area contributed by atoms with Crippen LogP contribution in [0.1, 0.15) is 159 Å². The van der Waals surface area contributed by atoms with Gasteiger partial charge in [0.25, 0.3) is 0 Å². The Kier molecular flexibility index (Phi) is 23.5. The van der Waals surface area contributed by atoms with Gasteiger partial charge in [-0.1, -0.05) is 168 Å². The Morgan fingerprint density at radius 1 is 0.833 bits per heavy atom. The first-order chi connectivity index (χ1) is 38.0. The number of ether oxygens (including phenoxy) is 5. The summed E-state index contributed by atoms with van der Waals surface area (Å²) < 4.78 is 33.1. The van der Waals surface area contributed by atoms with Crippen molar-refractivity contribution in [1.29, 1.82) is 0 Å². The molecule has 4 aromatic carbocycles. The van der Waals surface area contributed by atoms with Crippen molar-refractivity contribution in [2.45, 2.75) is 173 Å². The van der Waals surface area contributed by atoms with Crippen molar-refractivity contribution < 1.29 is 48.3 Å². The first-order valence-corrected chi connectivity index (χ1v) is 29.2. The summed E-state index contributed by atoms with van der Waals surface area (Å²) in [4.78, 5) is 37.0. The number of oxime groups is 1. The van der Waals surface area contributed by atoms with Gasteiger partial charge in [-0.3, -0.25) is 4.90 Å². The molecule has 13 nitrogen and oxygen atoms in total. The third-order valence-corrected chi connectivity index (χ3v) is 15.5. The van der Waals surface area contributed by atoms with Crippen LogP contribution in [0.5, 0.6) is 11.5 Å². The third-order valence-electron chi connectivity index (χ3n) is 15.5. The van der Waals surface area contributed by atoms with E-state index in [1.165, 1.54) is 44.9 Å². The number of carbonyl (C=O) groups is 2. The van der Waals surface area contributed by atoms with Crippen molar-refractivity contribution in [3.8, 4) is 11.5 Å². The molecule has 2 amide bonds. The van der Waals surface area contributed by atoms with Crippen LogP contribution in [0.4, 0.5) is 9.59 Å². The van der Waals surface area contributed by atoms with Crippen LogP contribution in [0.2, 0.25) is 0 Å². The normalized spacial score (nSPS) is 21.0. The minimum Gasteiger partial charge on any atom is -0.459 e. The summed E-state index contributed by atoms with van der Waals surface area (Å²) in [5.74, 6) is -1.57. The smallest absolute Gasteiger partial charge is 0.412 e. The molecule has 0 radical (unpaired) electrons. The lowest BCUT2D eigenvalue weighted by atomic mass is 9.55. The maximum Gasteiger partial charge on any atom is 0.412 e. The maximum atomic E-state index is 15.3.